The summed E-state index contributed by atoms with van der Waals surface area (Å²) in [4.78, 5) is 25.6. The van der Waals surface area contributed by atoms with Crippen molar-refractivity contribution >= 4 is 23.3 Å². The molecule has 0 aliphatic heterocycles. The first kappa shape index (κ1) is 14.7. The molecule has 0 bridgehead atoms. The van der Waals surface area contributed by atoms with Gasteiger partial charge >= 0.3 is 5.69 Å². The maximum atomic E-state index is 11.7. The van der Waals surface area contributed by atoms with E-state index in [2.05, 4.69) is 10.3 Å². The number of nitrogens with zero attached hydrogens (tertiary/aromatic N) is 1. The number of H-pyrrole nitrogens is 1. The number of hydrogen-bond acceptors (Lipinski definition) is 5. The summed E-state index contributed by atoms with van der Waals surface area (Å²) in [5.41, 5.74) is 5.24. The number of rotatable bonds is 6. The third-order valence-electron chi connectivity index (χ3n) is 2.66. The molecule has 1 aromatic rings. The molecule has 0 fully saturated rings. The Kier molecular flexibility index (Phi) is 5.33. The normalized spacial score (nSPS) is 12.4. The van der Waals surface area contributed by atoms with Crippen LogP contribution in [0.5, 0.6) is 0 Å². The fourth-order valence-electron chi connectivity index (χ4n) is 1.53. The second-order valence-corrected chi connectivity index (χ2v) is 5.37. The highest BCUT2D eigenvalue weighted by molar-refractivity contribution is 7.99. The smallest absolute Gasteiger partial charge is 0.330 e. The summed E-state index contributed by atoms with van der Waals surface area (Å²) >= 11 is 1.69. The largest absolute Gasteiger partial charge is 0.383 e. The molecule has 0 saturated carbocycles. The van der Waals surface area contributed by atoms with Gasteiger partial charge in [0.2, 0.25) is 0 Å². The highest BCUT2D eigenvalue weighted by Gasteiger charge is 2.12. The minimum Gasteiger partial charge on any atom is -0.383 e. The molecule has 1 atom stereocenters. The van der Waals surface area contributed by atoms with Crippen LogP contribution in [0.1, 0.15) is 20.3 Å². The van der Waals surface area contributed by atoms with E-state index in [1.807, 2.05) is 20.1 Å². The zero-order valence-corrected chi connectivity index (χ0v) is 11.8. The van der Waals surface area contributed by atoms with Gasteiger partial charge in [-0.2, -0.15) is 11.8 Å². The molecule has 0 saturated heterocycles. The lowest BCUT2D eigenvalue weighted by Crippen LogP contribution is -2.34. The van der Waals surface area contributed by atoms with E-state index in [1.165, 1.54) is 4.57 Å². The lowest BCUT2D eigenvalue weighted by Gasteiger charge is -2.15. The Bertz CT molecular complexity index is 509. The van der Waals surface area contributed by atoms with Crippen molar-refractivity contribution in [2.75, 3.05) is 23.9 Å². The summed E-state index contributed by atoms with van der Waals surface area (Å²) < 4.78 is 1.38. The number of thioether (sulfide) groups is 1. The molecule has 0 spiro atoms. The summed E-state index contributed by atoms with van der Waals surface area (Å²) in [5.74, 6) is 0.207. The Morgan fingerprint density at radius 3 is 2.72 bits per heavy atom. The molecule has 0 radical (unpaired) electrons. The lowest BCUT2D eigenvalue weighted by atomic mass is 10.4. The van der Waals surface area contributed by atoms with Gasteiger partial charge in [-0.25, -0.2) is 4.79 Å². The molecule has 6 nitrogen and oxygen atoms in total. The Balaban J connectivity index is 3.07. The summed E-state index contributed by atoms with van der Waals surface area (Å²) in [6, 6.07) is 0. The summed E-state index contributed by atoms with van der Waals surface area (Å²) in [6.07, 6.45) is 2.77. The van der Waals surface area contributed by atoms with E-state index in [0.717, 1.165) is 6.42 Å². The molecular formula is C11H20N4O2S. The maximum Gasteiger partial charge on any atom is 0.330 e. The van der Waals surface area contributed by atoms with E-state index in [4.69, 9.17) is 5.73 Å². The summed E-state index contributed by atoms with van der Waals surface area (Å²) in [7, 11) is 0. The predicted octanol–water partition coefficient (Wildman–Crippen LogP) is 0.692. The van der Waals surface area contributed by atoms with Gasteiger partial charge in [0.25, 0.3) is 5.56 Å². The number of hydrogen-bond donors (Lipinski definition) is 3. The van der Waals surface area contributed by atoms with Crippen LogP contribution in [0.4, 0.5) is 11.5 Å². The Hall–Kier alpha value is -1.37. The van der Waals surface area contributed by atoms with Crippen LogP contribution >= 0.6 is 11.8 Å². The van der Waals surface area contributed by atoms with Gasteiger partial charge in [-0.1, -0.05) is 13.8 Å². The molecule has 1 rings (SSSR count). The van der Waals surface area contributed by atoms with Crippen molar-refractivity contribution in [1.82, 2.24) is 9.55 Å². The second-order valence-electron chi connectivity index (χ2n) is 4.10. The zero-order valence-electron chi connectivity index (χ0n) is 10.9. The van der Waals surface area contributed by atoms with Crippen molar-refractivity contribution in [3.05, 3.63) is 20.8 Å². The second kappa shape index (κ2) is 6.53. The van der Waals surface area contributed by atoms with Crippen molar-refractivity contribution in [3.8, 4) is 0 Å². The van der Waals surface area contributed by atoms with Crippen molar-refractivity contribution in [2.45, 2.75) is 32.1 Å². The van der Waals surface area contributed by atoms with E-state index in [0.29, 0.717) is 18.3 Å². The number of nitrogens with two attached hydrogens (primary N) is 1. The summed E-state index contributed by atoms with van der Waals surface area (Å²) in [5, 5.41) is 3.37. The van der Waals surface area contributed by atoms with Gasteiger partial charge in [-0.3, -0.25) is 14.3 Å². The molecule has 102 valence electrons. The molecule has 1 heterocycles. The van der Waals surface area contributed by atoms with E-state index in [1.54, 1.807) is 11.8 Å². The molecule has 0 amide bonds. The number of aromatic nitrogens is 2. The van der Waals surface area contributed by atoms with E-state index in [9.17, 15) is 9.59 Å². The van der Waals surface area contributed by atoms with Crippen LogP contribution < -0.4 is 22.3 Å². The van der Waals surface area contributed by atoms with Crippen molar-refractivity contribution in [1.29, 1.82) is 0 Å². The Morgan fingerprint density at radius 1 is 1.50 bits per heavy atom. The standard InChI is InChI=1S/C11H20N4O2S/c1-4-5-15-9(12)8(10(16)14-11(15)17)13-6-7(2)18-3/h7,13H,4-6,12H2,1-3H3,(H,14,16,17). The Morgan fingerprint density at radius 2 is 2.17 bits per heavy atom. The highest BCUT2D eigenvalue weighted by Crippen LogP contribution is 2.12. The Labute approximate surface area is 110 Å². The van der Waals surface area contributed by atoms with Crippen LogP contribution in [0.25, 0.3) is 0 Å². The maximum absolute atomic E-state index is 11.7. The van der Waals surface area contributed by atoms with Crippen LogP contribution in [-0.4, -0.2) is 27.6 Å². The van der Waals surface area contributed by atoms with E-state index in [-0.39, 0.29) is 11.5 Å². The van der Waals surface area contributed by atoms with E-state index < -0.39 is 11.2 Å². The molecule has 4 N–H and O–H groups in total. The number of nitrogens with one attached hydrogen (secondary N) is 2. The quantitative estimate of drug-likeness (QED) is 0.708. The highest BCUT2D eigenvalue weighted by atomic mass is 32.2. The minimum absolute atomic E-state index is 0.207. The SMILES string of the molecule is CCCn1c(N)c(NCC(C)SC)c(=O)[nH]c1=O. The van der Waals surface area contributed by atoms with Crippen LogP contribution in [0.15, 0.2) is 9.59 Å². The van der Waals surface area contributed by atoms with Crippen LogP contribution in [0.3, 0.4) is 0 Å². The predicted molar refractivity (Wildman–Crippen MR) is 77.5 cm³/mol. The third-order valence-corrected chi connectivity index (χ3v) is 3.63. The molecule has 0 aliphatic rings. The molecule has 0 aliphatic carbocycles. The van der Waals surface area contributed by atoms with Crippen molar-refractivity contribution in [3.63, 3.8) is 0 Å². The molecule has 18 heavy (non-hydrogen) atoms. The van der Waals surface area contributed by atoms with Gasteiger partial charge in [0.05, 0.1) is 0 Å². The van der Waals surface area contributed by atoms with Gasteiger partial charge in [0.1, 0.15) is 11.5 Å². The fraction of sp³-hybridized carbons (Fsp3) is 0.636. The molecule has 1 unspecified atom stereocenters. The van der Waals surface area contributed by atoms with Gasteiger partial charge in [-0.05, 0) is 12.7 Å². The van der Waals surface area contributed by atoms with Gasteiger partial charge in [-0.15, -0.1) is 0 Å². The molecule has 1 aromatic heterocycles. The number of aromatic amines is 1. The number of nitrogen functional groups attached to an aromatic ring is 1. The number of anilines is 2. The fourth-order valence-corrected chi connectivity index (χ4v) is 1.78. The molecule has 0 aromatic carbocycles. The first-order valence-corrected chi connectivity index (χ1v) is 7.19. The van der Waals surface area contributed by atoms with E-state index >= 15 is 0 Å². The van der Waals surface area contributed by atoms with Gasteiger partial charge in [0, 0.05) is 18.3 Å². The average Bonchev–Trinajstić information content (AvgIpc) is 2.33. The van der Waals surface area contributed by atoms with Crippen molar-refractivity contribution < 1.29 is 0 Å². The topological polar surface area (TPSA) is 92.9 Å². The zero-order chi connectivity index (χ0) is 13.7. The van der Waals surface area contributed by atoms with Gasteiger partial charge in [0.15, 0.2) is 0 Å². The van der Waals surface area contributed by atoms with Gasteiger partial charge < -0.3 is 11.1 Å². The third kappa shape index (κ3) is 3.32. The first-order valence-electron chi connectivity index (χ1n) is 5.90. The minimum atomic E-state index is -0.460. The summed E-state index contributed by atoms with van der Waals surface area (Å²) in [6.45, 7) is 5.11. The van der Waals surface area contributed by atoms with Crippen molar-refractivity contribution in [2.24, 2.45) is 0 Å². The van der Waals surface area contributed by atoms with Crippen LogP contribution in [0.2, 0.25) is 0 Å². The lowest BCUT2D eigenvalue weighted by molar-refractivity contribution is 0.642. The van der Waals surface area contributed by atoms with Crippen LogP contribution in [-0.2, 0) is 6.54 Å². The molecule has 7 heteroatoms. The average molecular weight is 272 g/mol. The molecular weight excluding hydrogens is 252 g/mol. The first-order chi connectivity index (χ1) is 8.51. The monoisotopic (exact) mass is 272 g/mol. The van der Waals surface area contributed by atoms with Crippen LogP contribution in [0, 0.1) is 0 Å².